The van der Waals surface area contributed by atoms with E-state index in [0.29, 0.717) is 0 Å². The molecule has 1 saturated heterocycles. The lowest BCUT2D eigenvalue weighted by atomic mass is 10.2. The second-order valence-electron chi connectivity index (χ2n) is 2.74. The van der Waals surface area contributed by atoms with Gasteiger partial charge >= 0.3 is 0 Å². The topological polar surface area (TPSA) is 42.5 Å². The number of hydrogen-bond donors (Lipinski definition) is 2. The molecule has 0 spiro atoms. The van der Waals surface area contributed by atoms with Crippen molar-refractivity contribution in [2.75, 3.05) is 14.2 Å². The Balaban J connectivity index is 2.37. The molecule has 66 valence electrons. The van der Waals surface area contributed by atoms with E-state index < -0.39 is 0 Å². The molecular weight excluding hydrogens is 144 g/mol. The molecule has 11 heavy (non-hydrogen) atoms. The van der Waals surface area contributed by atoms with E-state index in [2.05, 4.69) is 10.6 Å². The predicted octanol–water partition coefficient (Wildman–Crippen LogP) is -0.140. The zero-order valence-electron chi connectivity index (χ0n) is 7.26. The van der Waals surface area contributed by atoms with E-state index in [9.17, 15) is 0 Å². The molecular formula is C7H16N2O2. The molecule has 1 aliphatic heterocycles. The second kappa shape index (κ2) is 4.01. The normalized spacial score (nSPS) is 39.0. The van der Waals surface area contributed by atoms with Crippen LogP contribution in [0.4, 0.5) is 0 Å². The summed E-state index contributed by atoms with van der Waals surface area (Å²) in [5, 5.41) is 6.43. The van der Waals surface area contributed by atoms with Crippen molar-refractivity contribution in [1.29, 1.82) is 0 Å². The maximum absolute atomic E-state index is 5.16. The highest BCUT2D eigenvalue weighted by Crippen LogP contribution is 2.06. The lowest BCUT2D eigenvalue weighted by Crippen LogP contribution is -2.57. The second-order valence-corrected chi connectivity index (χ2v) is 2.74. The zero-order valence-corrected chi connectivity index (χ0v) is 7.26. The summed E-state index contributed by atoms with van der Waals surface area (Å²) >= 11 is 0. The fourth-order valence-electron chi connectivity index (χ4n) is 1.26. The van der Waals surface area contributed by atoms with Crippen LogP contribution in [0.1, 0.15) is 13.3 Å². The maximum atomic E-state index is 5.16. The standard InChI is InChI=1S/C7H16N2O2/c1-5-8-6(10-2)4-7(9-5)11-3/h5-9H,4H2,1-3H3. The third kappa shape index (κ3) is 2.41. The van der Waals surface area contributed by atoms with Crippen LogP contribution >= 0.6 is 0 Å². The van der Waals surface area contributed by atoms with Gasteiger partial charge in [-0.05, 0) is 6.92 Å². The van der Waals surface area contributed by atoms with Crippen molar-refractivity contribution in [2.24, 2.45) is 0 Å². The molecule has 2 unspecified atom stereocenters. The van der Waals surface area contributed by atoms with E-state index in [1.165, 1.54) is 0 Å². The monoisotopic (exact) mass is 160 g/mol. The largest absolute Gasteiger partial charge is 0.366 e. The maximum Gasteiger partial charge on any atom is 0.112 e. The highest BCUT2D eigenvalue weighted by atomic mass is 16.5. The Morgan fingerprint density at radius 3 is 1.91 bits per heavy atom. The van der Waals surface area contributed by atoms with Crippen LogP contribution in [0, 0.1) is 0 Å². The van der Waals surface area contributed by atoms with Gasteiger partial charge in [0.2, 0.25) is 0 Å². The van der Waals surface area contributed by atoms with Crippen LogP contribution in [-0.2, 0) is 9.47 Å². The lowest BCUT2D eigenvalue weighted by Gasteiger charge is -2.34. The van der Waals surface area contributed by atoms with Crippen LogP contribution < -0.4 is 10.6 Å². The van der Waals surface area contributed by atoms with Gasteiger partial charge in [0.15, 0.2) is 0 Å². The summed E-state index contributed by atoms with van der Waals surface area (Å²) in [5.41, 5.74) is 0. The molecule has 1 rings (SSSR count). The Kier molecular flexibility index (Phi) is 3.26. The number of hydrogen-bond acceptors (Lipinski definition) is 4. The van der Waals surface area contributed by atoms with Crippen LogP contribution in [0.2, 0.25) is 0 Å². The van der Waals surface area contributed by atoms with E-state index in [0.717, 1.165) is 6.42 Å². The summed E-state index contributed by atoms with van der Waals surface area (Å²) < 4.78 is 10.3. The van der Waals surface area contributed by atoms with Gasteiger partial charge in [-0.3, -0.25) is 10.6 Å². The minimum Gasteiger partial charge on any atom is -0.366 e. The first-order valence-electron chi connectivity index (χ1n) is 3.84. The Hall–Kier alpha value is -0.160. The number of ether oxygens (including phenoxy) is 2. The molecule has 4 heteroatoms. The van der Waals surface area contributed by atoms with Gasteiger partial charge in [0.1, 0.15) is 12.5 Å². The Morgan fingerprint density at radius 2 is 1.55 bits per heavy atom. The molecule has 1 fully saturated rings. The minimum absolute atomic E-state index is 0.108. The molecule has 0 aromatic rings. The first-order valence-corrected chi connectivity index (χ1v) is 3.84. The number of methoxy groups -OCH3 is 2. The van der Waals surface area contributed by atoms with E-state index in [1.807, 2.05) is 6.92 Å². The third-order valence-corrected chi connectivity index (χ3v) is 1.87. The summed E-state index contributed by atoms with van der Waals surface area (Å²) in [4.78, 5) is 0. The van der Waals surface area contributed by atoms with Crippen molar-refractivity contribution < 1.29 is 9.47 Å². The molecule has 4 nitrogen and oxygen atoms in total. The van der Waals surface area contributed by atoms with Crippen molar-refractivity contribution in [3.05, 3.63) is 0 Å². The summed E-state index contributed by atoms with van der Waals surface area (Å²) in [6, 6.07) is 0. The summed E-state index contributed by atoms with van der Waals surface area (Å²) in [6.45, 7) is 2.04. The van der Waals surface area contributed by atoms with Crippen molar-refractivity contribution in [3.8, 4) is 0 Å². The Morgan fingerprint density at radius 1 is 1.09 bits per heavy atom. The molecule has 0 bridgehead atoms. The van der Waals surface area contributed by atoms with Gasteiger partial charge in [-0.1, -0.05) is 0 Å². The highest BCUT2D eigenvalue weighted by molar-refractivity contribution is 4.74. The van der Waals surface area contributed by atoms with Gasteiger partial charge in [0.05, 0.1) is 6.17 Å². The quantitative estimate of drug-likeness (QED) is 0.590. The summed E-state index contributed by atoms with van der Waals surface area (Å²) in [6.07, 6.45) is 1.31. The van der Waals surface area contributed by atoms with Gasteiger partial charge < -0.3 is 9.47 Å². The van der Waals surface area contributed by atoms with E-state index >= 15 is 0 Å². The van der Waals surface area contributed by atoms with Crippen LogP contribution in [0.25, 0.3) is 0 Å². The summed E-state index contributed by atoms with van der Waals surface area (Å²) in [7, 11) is 3.39. The molecule has 1 aliphatic rings. The van der Waals surface area contributed by atoms with Gasteiger partial charge in [-0.25, -0.2) is 0 Å². The zero-order chi connectivity index (χ0) is 8.27. The number of nitrogens with one attached hydrogen (secondary N) is 2. The van der Waals surface area contributed by atoms with Crippen LogP contribution in [0.15, 0.2) is 0 Å². The van der Waals surface area contributed by atoms with Gasteiger partial charge in [0.25, 0.3) is 0 Å². The van der Waals surface area contributed by atoms with Gasteiger partial charge in [-0.2, -0.15) is 0 Å². The fraction of sp³-hybridized carbons (Fsp3) is 1.00. The first-order chi connectivity index (χ1) is 5.26. The van der Waals surface area contributed by atoms with Gasteiger partial charge in [0, 0.05) is 20.6 Å². The van der Waals surface area contributed by atoms with E-state index in [4.69, 9.17) is 9.47 Å². The smallest absolute Gasteiger partial charge is 0.112 e. The third-order valence-electron chi connectivity index (χ3n) is 1.87. The van der Waals surface area contributed by atoms with Crippen LogP contribution in [-0.4, -0.2) is 32.8 Å². The molecule has 0 aliphatic carbocycles. The Labute approximate surface area is 67.2 Å². The minimum atomic E-state index is 0.108. The highest BCUT2D eigenvalue weighted by Gasteiger charge is 2.23. The van der Waals surface area contributed by atoms with Crippen LogP contribution in [0.3, 0.4) is 0 Å². The average Bonchev–Trinajstić information content (AvgIpc) is 2.03. The lowest BCUT2D eigenvalue weighted by molar-refractivity contribution is -0.0510. The van der Waals surface area contributed by atoms with Crippen molar-refractivity contribution >= 4 is 0 Å². The number of rotatable bonds is 2. The molecule has 0 amide bonds. The molecule has 0 aromatic heterocycles. The van der Waals surface area contributed by atoms with Crippen molar-refractivity contribution in [2.45, 2.75) is 32.0 Å². The molecule has 0 saturated carbocycles. The fourth-order valence-corrected chi connectivity index (χ4v) is 1.26. The first kappa shape index (κ1) is 8.93. The average molecular weight is 160 g/mol. The molecule has 2 N–H and O–H groups in total. The van der Waals surface area contributed by atoms with E-state index in [-0.39, 0.29) is 18.6 Å². The summed E-state index contributed by atoms with van der Waals surface area (Å²) in [5.74, 6) is 0. The molecule has 1 heterocycles. The van der Waals surface area contributed by atoms with Crippen molar-refractivity contribution in [3.63, 3.8) is 0 Å². The van der Waals surface area contributed by atoms with Crippen molar-refractivity contribution in [1.82, 2.24) is 10.6 Å². The molecule has 0 radical (unpaired) electrons. The van der Waals surface area contributed by atoms with Crippen LogP contribution in [0.5, 0.6) is 0 Å². The molecule has 0 aromatic carbocycles. The van der Waals surface area contributed by atoms with Gasteiger partial charge in [-0.15, -0.1) is 0 Å². The molecule has 2 atom stereocenters. The SMILES string of the molecule is COC1CC(OC)NC(C)N1. The predicted molar refractivity (Wildman–Crippen MR) is 41.9 cm³/mol. The Bertz CT molecular complexity index is 109. The van der Waals surface area contributed by atoms with E-state index in [1.54, 1.807) is 14.2 Å².